The van der Waals surface area contributed by atoms with Crippen LogP contribution in [0.4, 0.5) is 0 Å². The fourth-order valence-electron chi connectivity index (χ4n) is 3.26. The summed E-state index contributed by atoms with van der Waals surface area (Å²) in [5.41, 5.74) is -19.8. The Hall–Kier alpha value is 1.63. The maximum Gasteiger partial charge on any atom is 0.362 e. The maximum absolute atomic E-state index is 12.3. The lowest BCUT2D eigenvalue weighted by Gasteiger charge is -2.43. The fraction of sp³-hybridized carbons (Fsp3) is 1.00. The normalized spacial score (nSPS) is 19.7. The van der Waals surface area contributed by atoms with E-state index >= 15 is 0 Å². The Kier molecular flexibility index (Phi) is 12.2. The summed E-state index contributed by atoms with van der Waals surface area (Å²) in [5.74, 6) is 0. The maximum atomic E-state index is 12.3. The number of halogens is 2. The van der Waals surface area contributed by atoms with E-state index in [0.717, 1.165) is 0 Å². The largest absolute Gasteiger partial charge is 0.362 e. The summed E-state index contributed by atoms with van der Waals surface area (Å²) in [7, 11) is -45.6. The van der Waals surface area contributed by atoms with Crippen LogP contribution in [0.5, 0.6) is 0 Å². The van der Waals surface area contributed by atoms with Crippen molar-refractivity contribution in [3.8, 4) is 0 Å². The molecule has 0 heterocycles. The molecule has 0 aromatic heterocycles. The molecule has 0 saturated heterocycles. The van der Waals surface area contributed by atoms with Gasteiger partial charge in [0, 0.05) is 0 Å². The molecule has 0 aliphatic rings. The van der Waals surface area contributed by atoms with Crippen molar-refractivity contribution in [2.24, 2.45) is 0 Å². The monoisotopic (exact) mass is 728 g/mol. The van der Waals surface area contributed by atoms with E-state index < -0.39 is 91.7 Å². The predicted octanol–water partition coefficient (Wildman–Crippen LogP) is -1.80. The lowest BCUT2D eigenvalue weighted by molar-refractivity contribution is 0.282. The van der Waals surface area contributed by atoms with Crippen molar-refractivity contribution in [2.45, 2.75) is 32.4 Å². The van der Waals surface area contributed by atoms with Crippen LogP contribution in [0.15, 0.2) is 0 Å². The van der Waals surface area contributed by atoms with Gasteiger partial charge in [-0.15, -0.1) is 0 Å². The van der Waals surface area contributed by atoms with E-state index in [-0.39, 0.29) is 0 Å². The summed E-state index contributed by atoms with van der Waals surface area (Å²) < 4.78 is 79.7. The molecule has 0 amide bonds. The minimum Gasteiger partial charge on any atom is -0.324 e. The van der Waals surface area contributed by atoms with Gasteiger partial charge in [0.05, 0.1) is 28.8 Å². The van der Waals surface area contributed by atoms with Crippen LogP contribution in [0.25, 0.3) is 0 Å². The molecule has 0 aliphatic heterocycles. The average Bonchev–Trinajstić information content (AvgIpc) is 2.48. The van der Waals surface area contributed by atoms with Crippen molar-refractivity contribution in [1.82, 2.24) is 0 Å². The Morgan fingerprint density at radius 2 is 0.811 bits per heavy atom. The first kappa shape index (κ1) is 38.6. The predicted molar refractivity (Wildman–Crippen MR) is 123 cm³/mol. The number of alkyl halides is 2. The van der Waals surface area contributed by atoms with Crippen LogP contribution < -0.4 is 0 Å². The molecule has 0 aromatic rings. The highest BCUT2D eigenvalue weighted by atomic mass is 35.5. The highest BCUT2D eigenvalue weighted by Gasteiger charge is 2.70. The van der Waals surface area contributed by atoms with Crippen LogP contribution in [0, 0.1) is 0 Å². The second kappa shape index (κ2) is 11.7. The van der Waals surface area contributed by atoms with E-state index in [4.69, 9.17) is 33.0 Å². The van der Waals surface area contributed by atoms with Crippen molar-refractivity contribution in [3.05, 3.63) is 0 Å². The highest BCUT2D eigenvalue weighted by Crippen LogP contribution is 2.75. The number of hydrogen-bond donors (Lipinski definition) is 14. The van der Waals surface area contributed by atoms with E-state index in [2.05, 4.69) is 0 Å². The lowest BCUT2D eigenvalue weighted by Crippen LogP contribution is -2.53. The molecule has 0 fully saturated rings. The third kappa shape index (κ3) is 10.4. The first-order valence-electron chi connectivity index (χ1n) is 8.32. The number of hydrogen-bond acceptors (Lipinski definition) is 7. The molecule has 5 atom stereocenters. The van der Waals surface area contributed by atoms with Gasteiger partial charge in [0.25, 0.3) is 0 Å². The van der Waals surface area contributed by atoms with Crippen molar-refractivity contribution in [2.75, 3.05) is 6.16 Å². The summed E-state index contributed by atoms with van der Waals surface area (Å²) in [6, 6.07) is 0. The van der Waals surface area contributed by atoms with Gasteiger partial charge in [-0.05, 0) is 0 Å². The summed E-state index contributed by atoms with van der Waals surface area (Å²) in [6.45, 7) is 0. The summed E-state index contributed by atoms with van der Waals surface area (Å²) in [4.78, 5) is 134. The fourth-order valence-corrected chi connectivity index (χ4v) is 18.0. The molecule has 0 aromatic carbocycles. The molecular weight excluding hydrogens is 708 g/mol. The molecule has 37 heavy (non-hydrogen) atoms. The molecule has 14 N–H and O–H groups in total. The first-order valence-corrected chi connectivity index (χ1v) is 20.9. The second-order valence-electron chi connectivity index (χ2n) is 7.41. The topological polar surface area (TPSA) is 403 Å². The molecule has 21 nitrogen and oxygen atoms in total. The lowest BCUT2D eigenvalue weighted by atomic mass is 10.1. The van der Waals surface area contributed by atoms with Gasteiger partial charge in [-0.1, -0.05) is 23.2 Å². The first-order chi connectivity index (χ1) is 15.6. The third-order valence-electron chi connectivity index (χ3n) is 4.55. The van der Waals surface area contributed by atoms with Crippen LogP contribution in [-0.2, 0) is 32.0 Å². The van der Waals surface area contributed by atoms with Gasteiger partial charge in [-0.25, -0.2) is 0 Å². The highest BCUT2D eigenvalue weighted by molar-refractivity contribution is 7.64. The summed E-state index contributed by atoms with van der Waals surface area (Å²) in [6.07, 6.45) is -2.33. The van der Waals surface area contributed by atoms with E-state index in [1.807, 2.05) is 0 Å². The Morgan fingerprint density at radius 1 is 0.486 bits per heavy atom. The summed E-state index contributed by atoms with van der Waals surface area (Å²) >= 11 is 10.6. The van der Waals surface area contributed by atoms with Gasteiger partial charge in [-0.2, -0.15) is 0 Å². The minimum atomic E-state index is -6.81. The zero-order valence-corrected chi connectivity index (χ0v) is 24.9. The Bertz CT molecular complexity index is 1170. The van der Waals surface area contributed by atoms with Crippen molar-refractivity contribution in [1.29, 1.82) is 0 Å². The van der Waals surface area contributed by atoms with Crippen LogP contribution in [0.2, 0.25) is 0 Å². The number of rotatable bonds is 13. The third-order valence-corrected chi connectivity index (χ3v) is 17.1. The molecule has 0 radical (unpaired) electrons. The second-order valence-corrected chi connectivity index (χ2v) is 21.7. The smallest absolute Gasteiger partial charge is 0.324 e. The van der Waals surface area contributed by atoms with Gasteiger partial charge < -0.3 is 68.5 Å². The van der Waals surface area contributed by atoms with Crippen molar-refractivity contribution < 1.29 is 100 Å². The van der Waals surface area contributed by atoms with Gasteiger partial charge in [0.1, 0.15) is 5.66 Å². The van der Waals surface area contributed by atoms with E-state index in [1.165, 1.54) is 0 Å². The molecule has 0 aliphatic carbocycles. The van der Waals surface area contributed by atoms with E-state index in [1.54, 1.807) is 0 Å². The van der Waals surface area contributed by atoms with Gasteiger partial charge >= 0.3 is 53.2 Å². The average molecular weight is 729 g/mol. The van der Waals surface area contributed by atoms with Gasteiger partial charge in [-0.3, -0.25) is 32.0 Å². The Balaban J connectivity index is 8.18. The quantitative estimate of drug-likeness (QED) is 0.0734. The van der Waals surface area contributed by atoms with E-state index in [0.29, 0.717) is 0 Å². The minimum absolute atomic E-state index is 2.33. The van der Waals surface area contributed by atoms with Crippen LogP contribution in [-0.4, -0.2) is 107 Å². The molecule has 224 valence electrons. The molecule has 0 rings (SSSR count). The zero-order valence-electron chi connectivity index (χ0n) is 17.1. The van der Waals surface area contributed by atoms with Crippen molar-refractivity contribution in [3.63, 3.8) is 0 Å². The molecule has 0 saturated carbocycles. The van der Waals surface area contributed by atoms with Gasteiger partial charge in [0.2, 0.25) is 4.07 Å². The molecule has 0 bridgehead atoms. The van der Waals surface area contributed by atoms with E-state index in [9.17, 15) is 90.7 Å². The SMILES string of the molecule is O=P(O)(O)CC(C(C(C(C(C(Cl)(Cl)P(=O)(O)O)P(=O)(O)O)P(=O)(O)O)P(=O)(O)O)P(=O)(O)O)P(=O)(O)O. The summed E-state index contributed by atoms with van der Waals surface area (Å²) in [5, 5.41) is 0. The Morgan fingerprint density at radius 3 is 1.00 bits per heavy atom. The van der Waals surface area contributed by atoms with Crippen LogP contribution in [0.1, 0.15) is 0 Å². The molecule has 0 spiro atoms. The zero-order chi connectivity index (χ0) is 30.6. The molecular formula is C7H21Cl2O21P7. The molecule has 30 heteroatoms. The Labute approximate surface area is 215 Å². The molecule has 5 unspecified atom stereocenters. The van der Waals surface area contributed by atoms with Crippen LogP contribution >= 0.6 is 76.4 Å². The van der Waals surface area contributed by atoms with Crippen molar-refractivity contribution >= 4 is 76.4 Å². The van der Waals surface area contributed by atoms with Crippen LogP contribution in [0.3, 0.4) is 0 Å². The standard InChI is InChI=1S/C7H21Cl2O21P7/c8-7(9,37(28,29)30)6(36(25,26)27)5(35(22,23)24)4(34(19,20)21)3(33(16,17)18)2(32(13,14)15)1-31(10,11)12/h2-6H,1H2,(H2,10,11,12)(H2,13,14,15)(H2,16,17,18)(H2,19,20,21)(H2,22,23,24)(H2,25,26,27)(H2,28,29,30). The van der Waals surface area contributed by atoms with Gasteiger partial charge in [0.15, 0.2) is 0 Å².